The van der Waals surface area contributed by atoms with Crippen LogP contribution in [0, 0.1) is 0 Å². The molecule has 0 bridgehead atoms. The van der Waals surface area contributed by atoms with Gasteiger partial charge in [-0.05, 0) is 27.9 Å². The number of amidine groups is 1. The van der Waals surface area contributed by atoms with Crippen molar-refractivity contribution in [3.05, 3.63) is 0 Å². The Kier molecular flexibility index (Phi) is 5.49. The van der Waals surface area contributed by atoms with Crippen LogP contribution < -0.4 is 11.1 Å². The molecule has 14 heavy (non-hydrogen) atoms. The van der Waals surface area contributed by atoms with Crippen molar-refractivity contribution in [3.8, 4) is 0 Å². The molecular weight excluding hydrogens is 180 g/mol. The van der Waals surface area contributed by atoms with Crippen molar-refractivity contribution < 1.29 is 5.21 Å². The summed E-state index contributed by atoms with van der Waals surface area (Å²) in [4.78, 5) is 2.16. The molecule has 0 unspecified atom stereocenters. The second kappa shape index (κ2) is 5.82. The summed E-state index contributed by atoms with van der Waals surface area (Å²) in [6.07, 6.45) is 0.569. The minimum absolute atomic E-state index is 0.116. The standard InChI is InChI=1S/C9H22N4O/c1-9(2,13(3)4)7-11-6-5-8(10)12-14/h11,14H,5-7H2,1-4H3,(H2,10,12). The Morgan fingerprint density at radius 2 is 2.07 bits per heavy atom. The van der Waals surface area contributed by atoms with Crippen molar-refractivity contribution in [2.24, 2.45) is 10.9 Å². The Labute approximate surface area is 86.0 Å². The van der Waals surface area contributed by atoms with Gasteiger partial charge in [0.25, 0.3) is 0 Å². The fourth-order valence-corrected chi connectivity index (χ4v) is 0.819. The second-order valence-corrected chi connectivity index (χ2v) is 4.22. The molecule has 0 heterocycles. The van der Waals surface area contributed by atoms with E-state index in [4.69, 9.17) is 10.9 Å². The lowest BCUT2D eigenvalue weighted by atomic mass is 10.0. The van der Waals surface area contributed by atoms with Gasteiger partial charge in [0, 0.05) is 25.0 Å². The van der Waals surface area contributed by atoms with Crippen LogP contribution in [0.25, 0.3) is 0 Å². The average Bonchev–Trinajstić information content (AvgIpc) is 2.11. The van der Waals surface area contributed by atoms with Gasteiger partial charge in [0.05, 0.1) is 0 Å². The number of nitrogens with one attached hydrogen (secondary N) is 1. The fourth-order valence-electron chi connectivity index (χ4n) is 0.819. The van der Waals surface area contributed by atoms with Crippen LogP contribution in [-0.4, -0.2) is 48.7 Å². The van der Waals surface area contributed by atoms with Gasteiger partial charge in [-0.25, -0.2) is 0 Å². The van der Waals surface area contributed by atoms with Gasteiger partial charge >= 0.3 is 0 Å². The van der Waals surface area contributed by atoms with Gasteiger partial charge in [0.15, 0.2) is 0 Å². The quantitative estimate of drug-likeness (QED) is 0.187. The zero-order valence-corrected chi connectivity index (χ0v) is 9.54. The molecule has 0 fully saturated rings. The van der Waals surface area contributed by atoms with Crippen molar-refractivity contribution in [2.75, 3.05) is 27.2 Å². The Morgan fingerprint density at radius 1 is 1.50 bits per heavy atom. The molecule has 0 amide bonds. The first kappa shape index (κ1) is 13.2. The van der Waals surface area contributed by atoms with E-state index in [-0.39, 0.29) is 11.4 Å². The molecule has 84 valence electrons. The molecule has 5 heteroatoms. The van der Waals surface area contributed by atoms with E-state index in [0.717, 1.165) is 13.1 Å². The van der Waals surface area contributed by atoms with E-state index < -0.39 is 0 Å². The van der Waals surface area contributed by atoms with Gasteiger partial charge in [-0.1, -0.05) is 5.16 Å². The highest BCUT2D eigenvalue weighted by atomic mass is 16.4. The maximum absolute atomic E-state index is 8.31. The minimum atomic E-state index is 0.116. The first-order chi connectivity index (χ1) is 6.40. The SMILES string of the molecule is CN(C)C(C)(C)CNCCC(N)=NO. The van der Waals surface area contributed by atoms with Gasteiger partial charge in [0.2, 0.25) is 0 Å². The summed E-state index contributed by atoms with van der Waals surface area (Å²) in [5, 5.41) is 14.5. The summed E-state index contributed by atoms with van der Waals surface area (Å²) in [5.41, 5.74) is 5.45. The highest BCUT2D eigenvalue weighted by Crippen LogP contribution is 2.07. The summed E-state index contributed by atoms with van der Waals surface area (Å²) in [6.45, 7) is 5.92. The molecule has 0 spiro atoms. The largest absolute Gasteiger partial charge is 0.409 e. The van der Waals surface area contributed by atoms with Gasteiger partial charge < -0.3 is 21.2 Å². The molecular formula is C9H22N4O. The van der Waals surface area contributed by atoms with Gasteiger partial charge in [-0.15, -0.1) is 0 Å². The molecule has 0 rings (SSSR count). The third kappa shape index (κ3) is 5.04. The first-order valence-electron chi connectivity index (χ1n) is 4.74. The summed E-state index contributed by atoms with van der Waals surface area (Å²) in [7, 11) is 4.09. The lowest BCUT2D eigenvalue weighted by molar-refractivity contribution is 0.191. The van der Waals surface area contributed by atoms with Crippen LogP contribution in [0.1, 0.15) is 20.3 Å². The van der Waals surface area contributed by atoms with E-state index in [1.807, 2.05) is 14.1 Å². The van der Waals surface area contributed by atoms with E-state index in [0.29, 0.717) is 6.42 Å². The number of nitrogens with zero attached hydrogens (tertiary/aromatic N) is 2. The Balaban J connectivity index is 3.64. The molecule has 0 aromatic rings. The van der Waals surface area contributed by atoms with Crippen LogP contribution in [0.2, 0.25) is 0 Å². The van der Waals surface area contributed by atoms with Gasteiger partial charge in [0.1, 0.15) is 5.84 Å². The zero-order chi connectivity index (χ0) is 11.2. The molecule has 0 aliphatic rings. The first-order valence-corrected chi connectivity index (χ1v) is 4.74. The van der Waals surface area contributed by atoms with Crippen LogP contribution >= 0.6 is 0 Å². The Hall–Kier alpha value is -0.810. The van der Waals surface area contributed by atoms with Gasteiger partial charge in [-0.2, -0.15) is 0 Å². The molecule has 5 nitrogen and oxygen atoms in total. The highest BCUT2D eigenvalue weighted by molar-refractivity contribution is 5.79. The van der Waals surface area contributed by atoms with Crippen molar-refractivity contribution in [3.63, 3.8) is 0 Å². The average molecular weight is 202 g/mol. The van der Waals surface area contributed by atoms with E-state index >= 15 is 0 Å². The van der Waals surface area contributed by atoms with E-state index in [2.05, 4.69) is 29.2 Å². The lowest BCUT2D eigenvalue weighted by Crippen LogP contribution is -2.47. The number of oxime groups is 1. The zero-order valence-electron chi connectivity index (χ0n) is 9.54. The predicted molar refractivity (Wildman–Crippen MR) is 58.7 cm³/mol. The molecule has 4 N–H and O–H groups in total. The molecule has 0 saturated heterocycles. The lowest BCUT2D eigenvalue weighted by Gasteiger charge is -2.32. The second-order valence-electron chi connectivity index (χ2n) is 4.22. The maximum Gasteiger partial charge on any atom is 0.140 e. The van der Waals surface area contributed by atoms with Crippen LogP contribution in [0.15, 0.2) is 5.16 Å². The summed E-state index contributed by atoms with van der Waals surface area (Å²) in [6, 6.07) is 0. The predicted octanol–water partition coefficient (Wildman–Crippen LogP) is 0.0527. The number of hydrogen-bond donors (Lipinski definition) is 3. The minimum Gasteiger partial charge on any atom is -0.409 e. The molecule has 0 aliphatic carbocycles. The summed E-state index contributed by atoms with van der Waals surface area (Å²) >= 11 is 0. The van der Waals surface area contributed by atoms with Crippen molar-refractivity contribution in [1.29, 1.82) is 0 Å². The van der Waals surface area contributed by atoms with Crippen LogP contribution in [-0.2, 0) is 0 Å². The van der Waals surface area contributed by atoms with Crippen LogP contribution in [0.5, 0.6) is 0 Å². The van der Waals surface area contributed by atoms with E-state index in [9.17, 15) is 0 Å². The monoisotopic (exact) mass is 202 g/mol. The van der Waals surface area contributed by atoms with Crippen molar-refractivity contribution in [1.82, 2.24) is 10.2 Å². The fraction of sp³-hybridized carbons (Fsp3) is 0.889. The maximum atomic E-state index is 8.31. The van der Waals surface area contributed by atoms with Crippen LogP contribution in [0.4, 0.5) is 0 Å². The number of hydrogen-bond acceptors (Lipinski definition) is 4. The number of rotatable bonds is 6. The van der Waals surface area contributed by atoms with E-state index in [1.54, 1.807) is 0 Å². The Morgan fingerprint density at radius 3 is 2.50 bits per heavy atom. The molecule has 0 aromatic carbocycles. The molecule has 0 radical (unpaired) electrons. The molecule has 0 atom stereocenters. The summed E-state index contributed by atoms with van der Waals surface area (Å²) in [5.74, 6) is 0.264. The van der Waals surface area contributed by atoms with E-state index in [1.165, 1.54) is 0 Å². The highest BCUT2D eigenvalue weighted by Gasteiger charge is 2.19. The van der Waals surface area contributed by atoms with Crippen molar-refractivity contribution >= 4 is 5.84 Å². The Bertz CT molecular complexity index is 189. The molecule has 0 aromatic heterocycles. The summed E-state index contributed by atoms with van der Waals surface area (Å²) < 4.78 is 0. The van der Waals surface area contributed by atoms with Crippen LogP contribution in [0.3, 0.4) is 0 Å². The van der Waals surface area contributed by atoms with Crippen molar-refractivity contribution in [2.45, 2.75) is 25.8 Å². The molecule has 0 aliphatic heterocycles. The topological polar surface area (TPSA) is 73.9 Å². The van der Waals surface area contributed by atoms with Gasteiger partial charge in [-0.3, -0.25) is 0 Å². The number of likely N-dealkylation sites (N-methyl/N-ethyl adjacent to an activating group) is 1. The third-order valence-electron chi connectivity index (χ3n) is 2.45. The molecule has 0 saturated carbocycles. The smallest absolute Gasteiger partial charge is 0.140 e. The normalized spacial score (nSPS) is 13.6. The number of nitrogens with two attached hydrogens (primary N) is 1. The third-order valence-corrected chi connectivity index (χ3v) is 2.45.